The Kier molecular flexibility index (Phi) is 15.4. The molecule has 0 aliphatic carbocycles. The Bertz CT molecular complexity index is 1110. The van der Waals surface area contributed by atoms with E-state index >= 15 is 0 Å². The molecule has 0 aromatic carbocycles. The second kappa shape index (κ2) is 17.7. The smallest absolute Gasteiger partial charge is 0.311 e. The summed E-state index contributed by atoms with van der Waals surface area (Å²) in [6, 6.07) is -0.695. The maximum Gasteiger partial charge on any atom is 0.311 e. The van der Waals surface area contributed by atoms with Crippen molar-refractivity contribution in [3.63, 3.8) is 0 Å². The fourth-order valence-corrected chi connectivity index (χ4v) is 8.74. The van der Waals surface area contributed by atoms with Crippen molar-refractivity contribution in [3.05, 3.63) is 0 Å². The van der Waals surface area contributed by atoms with Crippen LogP contribution in [0.15, 0.2) is 0 Å². The Morgan fingerprint density at radius 1 is 0.941 bits per heavy atom. The van der Waals surface area contributed by atoms with Crippen LogP contribution < -0.4 is 5.32 Å². The molecule has 51 heavy (non-hydrogen) atoms. The number of hydrogen-bond acceptors (Lipinski definition) is 13. The molecular weight excluding hydrogens is 660 g/mol. The summed E-state index contributed by atoms with van der Waals surface area (Å²) in [7, 11) is 5.40. The third-order valence-electron chi connectivity index (χ3n) is 12.0. The van der Waals surface area contributed by atoms with Crippen LogP contribution in [0.2, 0.25) is 0 Å². The van der Waals surface area contributed by atoms with E-state index in [4.69, 9.17) is 28.4 Å². The second-order valence-electron chi connectivity index (χ2n) is 17.3. The van der Waals surface area contributed by atoms with Crippen LogP contribution in [0.4, 0.5) is 0 Å². The highest BCUT2D eigenvalue weighted by molar-refractivity contribution is 5.73. The van der Waals surface area contributed by atoms with Gasteiger partial charge in [0.25, 0.3) is 0 Å². The number of methoxy groups -OCH3 is 1. The molecule has 0 bridgehead atoms. The van der Waals surface area contributed by atoms with Crippen molar-refractivity contribution >= 4 is 5.97 Å². The van der Waals surface area contributed by atoms with Gasteiger partial charge < -0.3 is 59.1 Å². The fraction of sp³-hybridized carbons (Fsp3) is 0.974. The third-order valence-corrected chi connectivity index (χ3v) is 12.0. The fourth-order valence-electron chi connectivity index (χ4n) is 8.74. The summed E-state index contributed by atoms with van der Waals surface area (Å²) < 4.78 is 38.0. The second-order valence-corrected chi connectivity index (χ2v) is 17.3. The van der Waals surface area contributed by atoms with Crippen molar-refractivity contribution in [3.8, 4) is 0 Å². The van der Waals surface area contributed by atoms with Crippen LogP contribution in [0, 0.1) is 23.2 Å². The number of rotatable bonds is 7. The zero-order chi connectivity index (χ0) is 38.8. The molecule has 0 spiro atoms. The molecule has 13 heteroatoms. The summed E-state index contributed by atoms with van der Waals surface area (Å²) in [5.74, 6) is -1.91. The van der Waals surface area contributed by atoms with Gasteiger partial charge in [-0.2, -0.15) is 0 Å². The highest BCUT2D eigenvalue weighted by Crippen LogP contribution is 2.43. The first kappa shape index (κ1) is 44.4. The number of ether oxygens (including phenoxy) is 6. The molecule has 3 aliphatic heterocycles. The van der Waals surface area contributed by atoms with Gasteiger partial charge in [-0.05, 0) is 92.8 Å². The molecule has 3 aliphatic rings. The largest absolute Gasteiger partial charge is 0.459 e. The SMILES string of the molecule is CC[C@H]1OC(=O)C(C)C(OC2CC(C)(OC)C(O)C(C)O2)C(C)C(OC2OC(C)CC(N(C)C)C2O)C(C)(C)CC(C)CNC(C)C(O)C1(C)O. The number of nitrogens with zero attached hydrogens (tertiary/aromatic N) is 1. The zero-order valence-corrected chi connectivity index (χ0v) is 33.8. The zero-order valence-electron chi connectivity index (χ0n) is 33.8. The lowest BCUT2D eigenvalue weighted by atomic mass is 9.71. The Labute approximate surface area is 307 Å². The molecule has 16 unspecified atom stereocenters. The standard InChI is InChI=1S/C38H72N2O11/c1-15-27-38(11,45)31(42)24(6)39-19-20(2)17-36(8,9)33(51-35-29(41)26(40(12)13)16-21(3)47-35)22(4)30(23(5)34(44)49-27)50-28-18-37(10,46-14)32(43)25(7)48-28/h20-33,35,39,41-43,45H,15-19H2,1-14H3/t20?,21?,22?,23?,24?,25?,26?,27-,28?,29?,30?,31?,32?,33?,35?,37?,38?/m1/s1. The predicted molar refractivity (Wildman–Crippen MR) is 193 cm³/mol. The summed E-state index contributed by atoms with van der Waals surface area (Å²) in [5.41, 5.74) is -3.27. The Hall–Kier alpha value is -0.970. The topological polar surface area (TPSA) is 169 Å². The van der Waals surface area contributed by atoms with E-state index in [-0.39, 0.29) is 30.9 Å². The van der Waals surface area contributed by atoms with Crippen molar-refractivity contribution in [1.82, 2.24) is 10.2 Å². The molecule has 0 aromatic heterocycles. The number of hydrogen-bond donors (Lipinski definition) is 5. The lowest BCUT2D eigenvalue weighted by Crippen LogP contribution is -2.59. The molecule has 0 saturated carbocycles. The molecule has 3 fully saturated rings. The van der Waals surface area contributed by atoms with E-state index in [0.717, 1.165) is 0 Å². The molecule has 300 valence electrons. The first-order valence-electron chi connectivity index (χ1n) is 19.0. The van der Waals surface area contributed by atoms with Gasteiger partial charge in [0.2, 0.25) is 0 Å². The molecule has 5 N–H and O–H groups in total. The molecule has 0 aromatic rings. The highest BCUT2D eigenvalue weighted by atomic mass is 16.7. The molecule has 3 saturated heterocycles. The first-order valence-corrected chi connectivity index (χ1v) is 19.0. The van der Waals surface area contributed by atoms with Gasteiger partial charge in [-0.15, -0.1) is 0 Å². The number of likely N-dealkylation sites (N-methyl/N-ethyl adjacent to an activating group) is 1. The molecule has 3 rings (SSSR count). The van der Waals surface area contributed by atoms with E-state index < -0.39 is 95.8 Å². The van der Waals surface area contributed by atoms with Crippen LogP contribution in [-0.4, -0.2) is 144 Å². The number of carbonyl (C=O) groups excluding carboxylic acids is 1. The monoisotopic (exact) mass is 733 g/mol. The number of cyclic esters (lactones) is 1. The van der Waals surface area contributed by atoms with Crippen molar-refractivity contribution in [2.75, 3.05) is 27.7 Å². The van der Waals surface area contributed by atoms with Crippen LogP contribution in [0.5, 0.6) is 0 Å². The quantitative estimate of drug-likeness (QED) is 0.243. The van der Waals surface area contributed by atoms with E-state index in [0.29, 0.717) is 19.4 Å². The minimum atomic E-state index is -1.75. The van der Waals surface area contributed by atoms with E-state index in [9.17, 15) is 25.2 Å². The predicted octanol–water partition coefficient (Wildman–Crippen LogP) is 2.83. The number of aliphatic hydroxyl groups excluding tert-OH is 3. The van der Waals surface area contributed by atoms with Crippen LogP contribution >= 0.6 is 0 Å². The van der Waals surface area contributed by atoms with E-state index in [1.54, 1.807) is 27.7 Å². The minimum absolute atomic E-state index is 0.0942. The van der Waals surface area contributed by atoms with E-state index in [1.165, 1.54) is 14.0 Å². The van der Waals surface area contributed by atoms with Crippen LogP contribution in [0.1, 0.15) is 102 Å². The summed E-state index contributed by atoms with van der Waals surface area (Å²) in [6.07, 6.45) is -6.37. The third kappa shape index (κ3) is 10.2. The number of carbonyl (C=O) groups is 1. The summed E-state index contributed by atoms with van der Waals surface area (Å²) in [4.78, 5) is 16.2. The lowest BCUT2D eigenvalue weighted by molar-refractivity contribution is -0.313. The Morgan fingerprint density at radius 2 is 1.57 bits per heavy atom. The van der Waals surface area contributed by atoms with E-state index in [1.807, 2.05) is 39.8 Å². The van der Waals surface area contributed by atoms with Gasteiger partial charge in [0.05, 0.1) is 35.9 Å². The maximum absolute atomic E-state index is 14.2. The van der Waals surface area contributed by atoms with Crippen LogP contribution in [0.3, 0.4) is 0 Å². The van der Waals surface area contributed by atoms with Crippen molar-refractivity contribution in [2.24, 2.45) is 23.2 Å². The average molecular weight is 733 g/mol. The van der Waals surface area contributed by atoms with Gasteiger partial charge in [0.1, 0.15) is 30.0 Å². The highest BCUT2D eigenvalue weighted by Gasteiger charge is 2.51. The molecule has 0 amide bonds. The van der Waals surface area contributed by atoms with Gasteiger partial charge >= 0.3 is 5.97 Å². The Balaban J connectivity index is 2.15. The molecule has 3 heterocycles. The average Bonchev–Trinajstić information content (AvgIpc) is 3.05. The van der Waals surface area contributed by atoms with Gasteiger partial charge in [-0.1, -0.05) is 34.6 Å². The summed E-state index contributed by atoms with van der Waals surface area (Å²) in [5, 5.41) is 48.9. The van der Waals surface area contributed by atoms with Gasteiger partial charge in [-0.3, -0.25) is 4.79 Å². The van der Waals surface area contributed by atoms with Crippen molar-refractivity contribution < 1.29 is 53.6 Å². The van der Waals surface area contributed by atoms with Gasteiger partial charge in [-0.25, -0.2) is 0 Å². The Morgan fingerprint density at radius 3 is 2.14 bits per heavy atom. The lowest BCUT2D eigenvalue weighted by Gasteiger charge is -2.49. The van der Waals surface area contributed by atoms with Gasteiger partial charge in [0, 0.05) is 31.5 Å². The van der Waals surface area contributed by atoms with Crippen LogP contribution in [0.25, 0.3) is 0 Å². The first-order chi connectivity index (χ1) is 23.5. The summed E-state index contributed by atoms with van der Waals surface area (Å²) >= 11 is 0. The minimum Gasteiger partial charge on any atom is -0.459 e. The van der Waals surface area contributed by atoms with Crippen molar-refractivity contribution in [1.29, 1.82) is 0 Å². The number of nitrogens with one attached hydrogen (secondary N) is 1. The molecule has 13 nitrogen and oxygen atoms in total. The molecular formula is C38H72N2O11. The van der Waals surface area contributed by atoms with E-state index in [2.05, 4.69) is 26.1 Å². The molecule has 0 radical (unpaired) electrons. The number of esters is 1. The summed E-state index contributed by atoms with van der Waals surface area (Å²) in [6.45, 7) is 21.2. The van der Waals surface area contributed by atoms with Gasteiger partial charge in [0.15, 0.2) is 12.6 Å². The maximum atomic E-state index is 14.2. The molecule has 17 atom stereocenters. The van der Waals surface area contributed by atoms with Crippen molar-refractivity contribution in [2.45, 2.75) is 187 Å². The normalized spacial score (nSPS) is 48.1. The number of aliphatic hydroxyl groups is 4. The van der Waals surface area contributed by atoms with Crippen LogP contribution in [-0.2, 0) is 33.2 Å².